The van der Waals surface area contributed by atoms with Crippen LogP contribution < -0.4 is 0 Å². The van der Waals surface area contributed by atoms with Crippen LogP contribution >= 0.6 is 11.3 Å². The number of likely N-dealkylation sites (N-methyl/N-ethyl adjacent to an activating group) is 1. The zero-order chi connectivity index (χ0) is 17.0. The van der Waals surface area contributed by atoms with Gasteiger partial charge in [0, 0.05) is 26.2 Å². The molecule has 1 unspecified atom stereocenters. The lowest BCUT2D eigenvalue weighted by atomic mass is 10.0. The molecule has 1 aliphatic rings. The van der Waals surface area contributed by atoms with Crippen LogP contribution in [0, 0.1) is 0 Å². The molecule has 23 heavy (non-hydrogen) atoms. The largest absolute Gasteiger partial charge is 0.444 e. The normalized spacial score (nSPS) is 18.6. The van der Waals surface area contributed by atoms with E-state index in [0.717, 1.165) is 18.4 Å². The van der Waals surface area contributed by atoms with E-state index < -0.39 is 5.60 Å². The third-order valence-electron chi connectivity index (χ3n) is 3.92. The van der Waals surface area contributed by atoms with Gasteiger partial charge in [-0.05, 0) is 56.0 Å². The first-order valence-corrected chi connectivity index (χ1v) is 8.95. The van der Waals surface area contributed by atoms with Gasteiger partial charge in [0.1, 0.15) is 5.60 Å². The van der Waals surface area contributed by atoms with Gasteiger partial charge in [0.2, 0.25) is 5.91 Å². The van der Waals surface area contributed by atoms with Gasteiger partial charge in [-0.25, -0.2) is 4.79 Å². The molecule has 1 saturated heterocycles. The van der Waals surface area contributed by atoms with Crippen molar-refractivity contribution in [3.8, 4) is 0 Å². The zero-order valence-electron chi connectivity index (χ0n) is 14.4. The quantitative estimate of drug-likeness (QED) is 0.851. The van der Waals surface area contributed by atoms with Crippen molar-refractivity contribution < 1.29 is 14.3 Å². The van der Waals surface area contributed by atoms with Gasteiger partial charge in [-0.2, -0.15) is 11.3 Å². The van der Waals surface area contributed by atoms with E-state index in [4.69, 9.17) is 4.74 Å². The Balaban J connectivity index is 1.92. The van der Waals surface area contributed by atoms with Gasteiger partial charge in [-0.3, -0.25) is 4.79 Å². The van der Waals surface area contributed by atoms with Crippen LogP contribution in [-0.2, 0) is 16.0 Å². The molecule has 0 spiro atoms. The van der Waals surface area contributed by atoms with E-state index in [1.807, 2.05) is 44.6 Å². The van der Waals surface area contributed by atoms with Crippen molar-refractivity contribution in [3.05, 3.63) is 22.4 Å². The highest BCUT2D eigenvalue weighted by Gasteiger charge is 2.30. The second kappa shape index (κ2) is 7.34. The summed E-state index contributed by atoms with van der Waals surface area (Å²) in [6.45, 7) is 6.83. The number of thiophene rings is 1. The van der Waals surface area contributed by atoms with Crippen LogP contribution in [0.15, 0.2) is 16.8 Å². The molecule has 0 N–H and O–H groups in total. The summed E-state index contributed by atoms with van der Waals surface area (Å²) < 4.78 is 5.44. The van der Waals surface area contributed by atoms with Gasteiger partial charge in [0.25, 0.3) is 0 Å². The molecule has 1 aromatic heterocycles. The number of hydrogen-bond donors (Lipinski definition) is 0. The van der Waals surface area contributed by atoms with Crippen LogP contribution in [0.1, 0.15) is 39.2 Å². The maximum absolute atomic E-state index is 12.4. The van der Waals surface area contributed by atoms with E-state index in [1.165, 1.54) is 0 Å². The molecule has 6 heteroatoms. The molecule has 0 radical (unpaired) electrons. The molecule has 2 amide bonds. The average molecular weight is 338 g/mol. The maximum atomic E-state index is 12.4. The first-order chi connectivity index (χ1) is 10.8. The number of amides is 2. The summed E-state index contributed by atoms with van der Waals surface area (Å²) in [6, 6.07) is 2.03. The molecular weight excluding hydrogens is 312 g/mol. The molecule has 1 fully saturated rings. The molecule has 1 aliphatic heterocycles. The molecule has 0 aliphatic carbocycles. The number of hydrogen-bond acceptors (Lipinski definition) is 4. The Kier molecular flexibility index (Phi) is 5.68. The lowest BCUT2D eigenvalue weighted by molar-refractivity contribution is -0.132. The molecule has 5 nitrogen and oxygen atoms in total. The van der Waals surface area contributed by atoms with Gasteiger partial charge in [-0.15, -0.1) is 0 Å². The summed E-state index contributed by atoms with van der Waals surface area (Å²) in [5.41, 5.74) is 0.552. The Hall–Kier alpha value is -1.56. The third kappa shape index (κ3) is 5.23. The molecular formula is C17H26N2O3S. The predicted octanol–water partition coefficient (Wildman–Crippen LogP) is 3.15. The van der Waals surface area contributed by atoms with Gasteiger partial charge in [0.05, 0.1) is 6.42 Å². The first kappa shape index (κ1) is 17.8. The molecule has 2 heterocycles. The van der Waals surface area contributed by atoms with E-state index in [0.29, 0.717) is 19.5 Å². The molecule has 128 valence electrons. The third-order valence-corrected chi connectivity index (χ3v) is 4.66. The second-order valence-corrected chi connectivity index (χ2v) is 7.82. The predicted molar refractivity (Wildman–Crippen MR) is 91.6 cm³/mol. The fourth-order valence-electron chi connectivity index (χ4n) is 2.66. The van der Waals surface area contributed by atoms with Crippen LogP contribution in [-0.4, -0.2) is 53.6 Å². The van der Waals surface area contributed by atoms with Crippen LogP contribution in [0.25, 0.3) is 0 Å². The standard InChI is InChI=1S/C17H26N2O3S/c1-17(2,3)22-16(21)19-8-5-6-14(11-19)18(4)15(20)10-13-7-9-23-12-13/h7,9,12,14H,5-6,8,10-11H2,1-4H3. The van der Waals surface area contributed by atoms with Crippen molar-refractivity contribution in [1.82, 2.24) is 9.80 Å². The van der Waals surface area contributed by atoms with E-state index in [1.54, 1.807) is 21.1 Å². The fourth-order valence-corrected chi connectivity index (χ4v) is 3.33. The molecule has 2 rings (SSSR count). The lowest BCUT2D eigenvalue weighted by Gasteiger charge is -2.38. The summed E-state index contributed by atoms with van der Waals surface area (Å²) in [5.74, 6) is 0.0967. The van der Waals surface area contributed by atoms with E-state index >= 15 is 0 Å². The van der Waals surface area contributed by atoms with Crippen LogP contribution in [0.2, 0.25) is 0 Å². The summed E-state index contributed by atoms with van der Waals surface area (Å²) in [4.78, 5) is 28.1. The highest BCUT2D eigenvalue weighted by molar-refractivity contribution is 7.07. The zero-order valence-corrected chi connectivity index (χ0v) is 15.2. The van der Waals surface area contributed by atoms with Gasteiger partial charge >= 0.3 is 6.09 Å². The second-order valence-electron chi connectivity index (χ2n) is 7.04. The highest BCUT2D eigenvalue weighted by Crippen LogP contribution is 2.19. The number of likely N-dealkylation sites (tertiary alicyclic amines) is 1. The Morgan fingerprint density at radius 3 is 2.78 bits per heavy atom. The average Bonchev–Trinajstić information content (AvgIpc) is 2.97. The molecule has 0 saturated carbocycles. The smallest absolute Gasteiger partial charge is 0.410 e. The van der Waals surface area contributed by atoms with Crippen molar-refractivity contribution in [1.29, 1.82) is 0 Å². The number of piperidine rings is 1. The number of carbonyl (C=O) groups excluding carboxylic acids is 2. The minimum Gasteiger partial charge on any atom is -0.444 e. The lowest BCUT2D eigenvalue weighted by Crippen LogP contribution is -2.51. The topological polar surface area (TPSA) is 49.9 Å². The van der Waals surface area contributed by atoms with Crippen molar-refractivity contribution in [2.45, 2.75) is 51.7 Å². The molecule has 1 aromatic rings. The molecule has 0 bridgehead atoms. The van der Waals surface area contributed by atoms with Gasteiger partial charge in [-0.1, -0.05) is 0 Å². The van der Waals surface area contributed by atoms with Crippen LogP contribution in [0.4, 0.5) is 4.79 Å². The number of rotatable bonds is 3. The highest BCUT2D eigenvalue weighted by atomic mass is 32.1. The van der Waals surface area contributed by atoms with E-state index in [9.17, 15) is 9.59 Å². The first-order valence-electron chi connectivity index (χ1n) is 8.01. The van der Waals surface area contributed by atoms with Gasteiger partial charge < -0.3 is 14.5 Å². The summed E-state index contributed by atoms with van der Waals surface area (Å²) in [5, 5.41) is 3.98. The Labute approximate surface area is 142 Å². The molecule has 0 aromatic carbocycles. The number of ether oxygens (including phenoxy) is 1. The summed E-state index contributed by atoms with van der Waals surface area (Å²) >= 11 is 1.60. The fraction of sp³-hybridized carbons (Fsp3) is 0.647. The summed E-state index contributed by atoms with van der Waals surface area (Å²) in [7, 11) is 1.83. The Bertz CT molecular complexity index is 537. The van der Waals surface area contributed by atoms with Crippen molar-refractivity contribution in [3.63, 3.8) is 0 Å². The van der Waals surface area contributed by atoms with Crippen LogP contribution in [0.5, 0.6) is 0 Å². The monoisotopic (exact) mass is 338 g/mol. The molecule has 1 atom stereocenters. The van der Waals surface area contributed by atoms with E-state index in [-0.39, 0.29) is 18.0 Å². The van der Waals surface area contributed by atoms with Crippen molar-refractivity contribution in [2.24, 2.45) is 0 Å². The summed E-state index contributed by atoms with van der Waals surface area (Å²) in [6.07, 6.45) is 1.94. The maximum Gasteiger partial charge on any atom is 0.410 e. The van der Waals surface area contributed by atoms with Crippen molar-refractivity contribution in [2.75, 3.05) is 20.1 Å². The van der Waals surface area contributed by atoms with Crippen molar-refractivity contribution >= 4 is 23.3 Å². The minimum atomic E-state index is -0.495. The number of carbonyl (C=O) groups is 2. The van der Waals surface area contributed by atoms with Gasteiger partial charge in [0.15, 0.2) is 0 Å². The van der Waals surface area contributed by atoms with Crippen LogP contribution in [0.3, 0.4) is 0 Å². The Morgan fingerprint density at radius 1 is 1.43 bits per heavy atom. The Morgan fingerprint density at radius 2 is 2.17 bits per heavy atom. The SMILES string of the molecule is CN(C(=O)Cc1ccsc1)C1CCCN(C(=O)OC(C)(C)C)C1. The number of nitrogens with zero attached hydrogens (tertiary/aromatic N) is 2. The van der Waals surface area contributed by atoms with E-state index in [2.05, 4.69) is 0 Å². The minimum absolute atomic E-state index is 0.0578.